The van der Waals surface area contributed by atoms with Gasteiger partial charge in [-0.1, -0.05) is 40.7 Å². The minimum atomic E-state index is -1.93. The summed E-state index contributed by atoms with van der Waals surface area (Å²) in [4.78, 5) is 13.9. The molecule has 0 radical (unpaired) electrons. The van der Waals surface area contributed by atoms with Crippen LogP contribution in [0.15, 0.2) is 12.3 Å². The van der Waals surface area contributed by atoms with Gasteiger partial charge in [-0.05, 0) is 101 Å². The lowest BCUT2D eigenvalue weighted by Crippen LogP contribution is -2.48. The highest BCUT2D eigenvalue weighted by atomic mass is 28.4. The molecule has 1 aliphatic heterocycles. The third-order valence-electron chi connectivity index (χ3n) is 8.86. The van der Waals surface area contributed by atoms with Crippen LogP contribution in [0.1, 0.15) is 105 Å². The van der Waals surface area contributed by atoms with Crippen LogP contribution in [-0.2, 0) is 20.3 Å². The second kappa shape index (κ2) is 13.3. The molecule has 2 unspecified atom stereocenters. The number of hydrogen-bond donors (Lipinski definition) is 1. The van der Waals surface area contributed by atoms with E-state index in [1.165, 1.54) is 17.6 Å². The summed E-state index contributed by atoms with van der Waals surface area (Å²) in [6, 6.07) is 0. The first-order valence-corrected chi connectivity index (χ1v) is 18.5. The maximum atomic E-state index is 12.3. The summed E-state index contributed by atoms with van der Waals surface area (Å²) in [5, 5.41) is 8.83. The van der Waals surface area contributed by atoms with E-state index in [-0.39, 0.29) is 28.9 Å². The van der Waals surface area contributed by atoms with Crippen molar-refractivity contribution in [1.82, 2.24) is 20.0 Å². The molecule has 3 rings (SSSR count). The molecule has 8 nitrogen and oxygen atoms in total. The predicted molar refractivity (Wildman–Crippen MR) is 170 cm³/mol. The van der Waals surface area contributed by atoms with E-state index in [0.29, 0.717) is 13.1 Å². The molecule has 1 aliphatic carbocycles. The quantitative estimate of drug-likeness (QED) is 0.230. The third-order valence-corrected chi connectivity index (χ3v) is 13.3. The first-order chi connectivity index (χ1) is 18.9. The van der Waals surface area contributed by atoms with Crippen LogP contribution < -0.4 is 5.32 Å². The van der Waals surface area contributed by atoms with Crippen LogP contribution in [0.25, 0.3) is 5.57 Å². The molecule has 41 heavy (non-hydrogen) atoms. The highest BCUT2D eigenvalue weighted by Gasteiger charge is 2.44. The fraction of sp³-hybridized carbons (Fsp3) is 0.812. The number of hydrogen-bond acceptors (Lipinski definition) is 6. The van der Waals surface area contributed by atoms with E-state index in [4.69, 9.17) is 19.0 Å². The third kappa shape index (κ3) is 9.40. The van der Waals surface area contributed by atoms with Crippen molar-refractivity contribution >= 4 is 20.0 Å². The van der Waals surface area contributed by atoms with Crippen molar-refractivity contribution in [3.8, 4) is 0 Å². The van der Waals surface area contributed by atoms with Crippen molar-refractivity contribution in [3.63, 3.8) is 0 Å². The summed E-state index contributed by atoms with van der Waals surface area (Å²) in [6.45, 7) is 24.9. The molecule has 1 fully saturated rings. The van der Waals surface area contributed by atoms with Gasteiger partial charge in [-0.3, -0.25) is 0 Å². The van der Waals surface area contributed by atoms with E-state index in [9.17, 15) is 4.79 Å². The van der Waals surface area contributed by atoms with Gasteiger partial charge in [0.05, 0.1) is 11.8 Å². The first kappa shape index (κ1) is 33.8. The average Bonchev–Trinajstić information content (AvgIpc) is 3.28. The van der Waals surface area contributed by atoms with Crippen molar-refractivity contribution in [3.05, 3.63) is 23.5 Å². The Morgan fingerprint density at radius 1 is 1.20 bits per heavy atom. The minimum absolute atomic E-state index is 0.00611. The highest BCUT2D eigenvalue weighted by molar-refractivity contribution is 6.74. The van der Waals surface area contributed by atoms with Crippen LogP contribution in [0.5, 0.6) is 0 Å². The van der Waals surface area contributed by atoms with Gasteiger partial charge in [0, 0.05) is 32.9 Å². The molecule has 0 bridgehead atoms. The van der Waals surface area contributed by atoms with Gasteiger partial charge in [-0.2, -0.15) is 5.10 Å². The summed E-state index contributed by atoms with van der Waals surface area (Å²) >= 11 is 0. The van der Waals surface area contributed by atoms with E-state index in [2.05, 4.69) is 70.0 Å². The maximum Gasteiger partial charge on any atom is 0.410 e. The monoisotopic (exact) mass is 590 g/mol. The Morgan fingerprint density at radius 2 is 1.90 bits per heavy atom. The molecule has 0 saturated carbocycles. The normalized spacial score (nSPS) is 21.9. The smallest absolute Gasteiger partial charge is 0.410 e. The number of carbonyl (C=O) groups excluding carboxylic acids is 1. The standard InChI is InChI=1S/C32H58N4O4Si/c1-30(2,3)39-29(37)35(9)20-19-33-18-16-25-23-36(27-14-12-13-21-38-27)34-28(25)24-15-17-32(7,8)26(22-24)40-41(10,11)31(4,5)6/h15,23,26-27,33H,12-14,16-22H2,1-11H3. The predicted octanol–water partition coefficient (Wildman–Crippen LogP) is 7.18. The highest BCUT2D eigenvalue weighted by Crippen LogP contribution is 2.45. The van der Waals surface area contributed by atoms with Crippen molar-refractivity contribution < 1.29 is 18.7 Å². The number of ether oxygens (including phenoxy) is 2. The van der Waals surface area contributed by atoms with Crippen LogP contribution in [0.4, 0.5) is 4.79 Å². The zero-order valence-electron chi connectivity index (χ0n) is 27.9. The van der Waals surface area contributed by atoms with Crippen molar-refractivity contribution in [2.75, 3.05) is 33.3 Å². The molecule has 2 heterocycles. The number of nitrogens with zero attached hydrogens (tertiary/aromatic N) is 3. The molecule has 0 aromatic carbocycles. The molecule has 9 heteroatoms. The number of nitrogens with one attached hydrogen (secondary N) is 1. The Morgan fingerprint density at radius 3 is 2.51 bits per heavy atom. The molecule has 1 amide bonds. The first-order valence-electron chi connectivity index (χ1n) is 15.6. The van der Waals surface area contributed by atoms with Gasteiger partial charge in [0.2, 0.25) is 0 Å². The van der Waals surface area contributed by atoms with E-state index >= 15 is 0 Å². The van der Waals surface area contributed by atoms with E-state index in [1.807, 2.05) is 20.8 Å². The summed E-state index contributed by atoms with van der Waals surface area (Å²) in [7, 11) is -0.149. The van der Waals surface area contributed by atoms with Crippen molar-refractivity contribution in [2.24, 2.45) is 5.41 Å². The molecule has 1 aromatic rings. The van der Waals surface area contributed by atoms with Gasteiger partial charge in [0.1, 0.15) is 11.8 Å². The summed E-state index contributed by atoms with van der Waals surface area (Å²) in [6.07, 6.45) is 10.5. The summed E-state index contributed by atoms with van der Waals surface area (Å²) in [5.41, 5.74) is 3.21. The fourth-order valence-electron chi connectivity index (χ4n) is 4.99. The number of rotatable bonds is 10. The van der Waals surface area contributed by atoms with Gasteiger partial charge in [0.15, 0.2) is 8.32 Å². The molecular weight excluding hydrogens is 532 g/mol. The van der Waals surface area contributed by atoms with E-state index in [0.717, 1.165) is 50.9 Å². The van der Waals surface area contributed by atoms with Crippen LogP contribution >= 0.6 is 0 Å². The molecular formula is C32H58N4O4Si. The van der Waals surface area contributed by atoms with Crippen LogP contribution in [-0.4, -0.2) is 74.1 Å². The second-order valence-corrected chi connectivity index (χ2v) is 20.0. The lowest BCUT2D eigenvalue weighted by atomic mass is 9.75. The molecule has 1 aromatic heterocycles. The number of amides is 1. The average molecular weight is 591 g/mol. The summed E-state index contributed by atoms with van der Waals surface area (Å²) < 4.78 is 20.7. The number of likely N-dealkylation sites (N-methyl/N-ethyl adjacent to an activating group) is 1. The summed E-state index contributed by atoms with van der Waals surface area (Å²) in [5.74, 6) is 0. The van der Waals surface area contributed by atoms with Gasteiger partial charge in [-0.15, -0.1) is 0 Å². The zero-order chi connectivity index (χ0) is 30.6. The second-order valence-electron chi connectivity index (χ2n) is 15.2. The molecule has 1 saturated heterocycles. The Bertz CT molecular complexity index is 1050. The SMILES string of the molecule is CN(CCNCCc1cn(C2CCCCO2)nc1C1=CCC(C)(C)C(O[Si](C)(C)C(C)(C)C)C1)C(=O)OC(C)(C)C. The lowest BCUT2D eigenvalue weighted by Gasteiger charge is -2.46. The zero-order valence-corrected chi connectivity index (χ0v) is 28.9. The maximum absolute atomic E-state index is 12.3. The number of carbonyl (C=O) groups is 1. The van der Waals surface area contributed by atoms with Crippen molar-refractivity contribution in [1.29, 1.82) is 0 Å². The molecule has 234 valence electrons. The fourth-order valence-corrected chi connectivity index (χ4v) is 6.46. The molecule has 2 atom stereocenters. The Kier molecular flexibility index (Phi) is 11.0. The van der Waals surface area contributed by atoms with Gasteiger partial charge in [-0.25, -0.2) is 9.48 Å². The lowest BCUT2D eigenvalue weighted by molar-refractivity contribution is -0.0396. The van der Waals surface area contributed by atoms with Gasteiger partial charge < -0.3 is 24.1 Å². The molecule has 0 spiro atoms. The van der Waals surface area contributed by atoms with Gasteiger partial charge in [0.25, 0.3) is 0 Å². The van der Waals surface area contributed by atoms with Crippen LogP contribution in [0.2, 0.25) is 18.1 Å². The Balaban J connectivity index is 1.72. The number of aromatic nitrogens is 2. The minimum Gasteiger partial charge on any atom is -0.444 e. The molecule has 2 aliphatic rings. The Labute approximate surface area is 250 Å². The Hall–Kier alpha value is -1.68. The van der Waals surface area contributed by atoms with Crippen LogP contribution in [0, 0.1) is 5.41 Å². The van der Waals surface area contributed by atoms with E-state index in [1.54, 1.807) is 11.9 Å². The largest absolute Gasteiger partial charge is 0.444 e. The topological polar surface area (TPSA) is 77.9 Å². The van der Waals surface area contributed by atoms with E-state index < -0.39 is 13.9 Å². The van der Waals surface area contributed by atoms with Crippen LogP contribution in [0.3, 0.4) is 0 Å². The number of allylic oxidation sites excluding steroid dienone is 1. The van der Waals surface area contributed by atoms with Gasteiger partial charge >= 0.3 is 6.09 Å². The van der Waals surface area contributed by atoms with Crippen molar-refractivity contribution in [2.45, 2.75) is 130 Å². The molecule has 1 N–H and O–H groups in total.